The number of alkyl halides is 3. The molecule has 6 rings (SSSR count). The molecule has 2 heterocycles. The van der Waals surface area contributed by atoms with Gasteiger partial charge in [-0.3, -0.25) is 19.6 Å². The summed E-state index contributed by atoms with van der Waals surface area (Å²) in [5.74, 6) is -2.56. The van der Waals surface area contributed by atoms with Crippen molar-refractivity contribution in [3.05, 3.63) is 154 Å². The van der Waals surface area contributed by atoms with E-state index in [2.05, 4.69) is 20.6 Å². The summed E-state index contributed by atoms with van der Waals surface area (Å²) in [5.41, 5.74) is 10.5. The smallest absolute Gasteiger partial charge is 0.417 e. The number of aromatic nitrogens is 2. The van der Waals surface area contributed by atoms with E-state index in [1.807, 2.05) is 10.6 Å². The Labute approximate surface area is 363 Å². The molecule has 4 amide bonds. The fourth-order valence-electron chi connectivity index (χ4n) is 4.60. The molecule has 0 radical (unpaired) electrons. The Morgan fingerprint density at radius 3 is 1.72 bits per heavy atom. The van der Waals surface area contributed by atoms with Crippen molar-refractivity contribution in [3.63, 3.8) is 0 Å². The number of carbonyl (C=O) groups excluding carboxylic acids is 3. The van der Waals surface area contributed by atoms with Crippen LogP contribution >= 0.6 is 23.2 Å². The Morgan fingerprint density at radius 1 is 0.672 bits per heavy atom. The molecule has 0 unspecified atom stereocenters. The number of pyridine rings is 2. The highest BCUT2D eigenvalue weighted by molar-refractivity contribution is 6.31. The van der Waals surface area contributed by atoms with Gasteiger partial charge in [-0.2, -0.15) is 13.2 Å². The van der Waals surface area contributed by atoms with Crippen LogP contribution in [0.1, 0.15) is 40.3 Å². The lowest BCUT2D eigenvalue weighted by molar-refractivity contribution is -0.137. The summed E-state index contributed by atoms with van der Waals surface area (Å²) in [4.78, 5) is 43.4. The molecule has 0 aliphatic carbocycles. The Bertz CT molecular complexity index is 2760. The first-order valence-electron chi connectivity index (χ1n) is 19.9. The van der Waals surface area contributed by atoms with Crippen molar-refractivity contribution < 1.29 is 54.0 Å². The Hall–Kier alpha value is -7.18. The van der Waals surface area contributed by atoms with Gasteiger partial charge < -0.3 is 42.2 Å². The fraction of sp³-hybridized carbons (Fsp3) is 0.0976. The lowest BCUT2D eigenvalue weighted by Crippen LogP contribution is -2.20. The van der Waals surface area contributed by atoms with E-state index in [4.69, 9.17) is 52.4 Å². The topological polar surface area (TPSA) is 196 Å². The van der Waals surface area contributed by atoms with Crippen LogP contribution in [0, 0.1) is 18.6 Å². The number of nitrogen functional groups attached to an aromatic ring is 2. The van der Waals surface area contributed by atoms with E-state index in [1.54, 1.807) is 25.1 Å². The van der Waals surface area contributed by atoms with Crippen LogP contribution in [0.2, 0.25) is 10.0 Å². The van der Waals surface area contributed by atoms with Crippen LogP contribution in [0.4, 0.5) is 49.5 Å². The summed E-state index contributed by atoms with van der Waals surface area (Å²) < 4.78 is 117. The quantitative estimate of drug-likeness (QED) is 0.0637. The largest absolute Gasteiger partial charge is 0.457 e. The van der Waals surface area contributed by atoms with Crippen LogP contribution in [-0.2, 0) is 6.18 Å². The van der Waals surface area contributed by atoms with Crippen molar-refractivity contribution in [3.8, 4) is 23.0 Å². The molecule has 0 aliphatic rings. The zero-order chi connectivity index (χ0) is 49.9. The molecule has 4 aromatic carbocycles. The zero-order valence-electron chi connectivity index (χ0n) is 37.1. The number of hydrogen-bond donors (Lipinski definition) is 6. The molecule has 0 saturated heterocycles. The highest BCUT2D eigenvalue weighted by Crippen LogP contribution is 2.35. The van der Waals surface area contributed by atoms with Crippen molar-refractivity contribution in [2.24, 2.45) is 0 Å². The summed E-state index contributed by atoms with van der Waals surface area (Å²) in [6, 6.07) is 20.5. The number of nitrogens with two attached hydrogens (primary N) is 2. The molecular formula is C41H35Cl2F5N8O5. The molecule has 8 N–H and O–H groups in total. The number of hydrogen-bond acceptors (Lipinski definition) is 9. The maximum absolute atomic E-state index is 14.5. The van der Waals surface area contributed by atoms with Crippen LogP contribution < -0.4 is 42.2 Å². The number of benzene rings is 4. The maximum atomic E-state index is 14.5. The number of halogens is 7. The van der Waals surface area contributed by atoms with E-state index in [9.17, 15) is 36.3 Å². The van der Waals surface area contributed by atoms with Gasteiger partial charge in [0.2, 0.25) is 0 Å². The van der Waals surface area contributed by atoms with Crippen LogP contribution in [0.15, 0.2) is 109 Å². The third-order valence-corrected chi connectivity index (χ3v) is 8.25. The van der Waals surface area contributed by atoms with Gasteiger partial charge in [0, 0.05) is 75.2 Å². The molecule has 6 aromatic rings. The van der Waals surface area contributed by atoms with Crippen molar-refractivity contribution in [2.75, 3.05) is 36.1 Å². The van der Waals surface area contributed by atoms with Crippen LogP contribution in [0.3, 0.4) is 0 Å². The fourth-order valence-corrected chi connectivity index (χ4v) is 4.94. The number of carbonyl (C=O) groups is 3. The molecule has 2 aromatic heterocycles. The van der Waals surface area contributed by atoms with Crippen LogP contribution in [0.25, 0.3) is 0 Å². The van der Waals surface area contributed by atoms with Crippen molar-refractivity contribution in [1.29, 1.82) is 0 Å². The first-order valence-corrected chi connectivity index (χ1v) is 17.6. The average molecular weight is 892 g/mol. The van der Waals surface area contributed by atoms with Gasteiger partial charge in [0.15, 0.2) is 0 Å². The minimum atomic E-state index is -4.44. The molecule has 0 atom stereocenters. The molecular weight excluding hydrogens is 850 g/mol. The Kier molecular flexibility index (Phi) is 13.2. The predicted octanol–water partition coefficient (Wildman–Crippen LogP) is 9.87. The van der Waals surface area contributed by atoms with E-state index >= 15 is 0 Å². The second-order valence-electron chi connectivity index (χ2n) is 12.0. The first-order chi connectivity index (χ1) is 31.1. The van der Waals surface area contributed by atoms with E-state index in [0.717, 1.165) is 29.8 Å². The van der Waals surface area contributed by atoms with Gasteiger partial charge in [0.1, 0.15) is 46.0 Å². The minimum absolute atomic E-state index is 0.0141. The summed E-state index contributed by atoms with van der Waals surface area (Å²) in [7, 11) is 0. The van der Waals surface area contributed by atoms with Crippen molar-refractivity contribution in [1.82, 2.24) is 20.6 Å². The van der Waals surface area contributed by atoms with Gasteiger partial charge in [-0.1, -0.05) is 23.2 Å². The van der Waals surface area contributed by atoms with E-state index < -0.39 is 55.2 Å². The van der Waals surface area contributed by atoms with E-state index in [-0.39, 0.29) is 56.5 Å². The SMILES string of the molecule is Nc1ccc(Cl)c(C(F)(F)F)c1.[2H]C([2H])([2H])NC(=O)c1cc(Oc2ccc(N)c(F)c2)ccn1.[2H]C([2H])([2H])NC(=O)c1cc(Oc2ccc(NC(=O)Nc3ccc(Cl)c(C)c3)c(F)c2)ccn1. The number of urea groups is 1. The summed E-state index contributed by atoms with van der Waals surface area (Å²) in [6.07, 6.45) is -1.91. The molecule has 318 valence electrons. The normalized spacial score (nSPS) is 12.3. The molecule has 0 aliphatic heterocycles. The predicted molar refractivity (Wildman–Crippen MR) is 222 cm³/mol. The monoisotopic (exact) mass is 890 g/mol. The van der Waals surface area contributed by atoms with Gasteiger partial charge in [-0.05, 0) is 85.3 Å². The number of nitrogens with one attached hydrogen (secondary N) is 4. The highest BCUT2D eigenvalue weighted by atomic mass is 35.5. The van der Waals surface area contributed by atoms with Crippen molar-refractivity contribution in [2.45, 2.75) is 13.1 Å². The standard InChI is InChI=1S/C21H18ClFN4O3.C13H12FN3O2.C7H5ClF3N/c1-12-9-13(3-5-16(12)22)26-21(29)27-18-6-4-14(10-17(18)23)30-15-7-8-25-19(11-15)20(28)24-2;1-16-13(18)12-7-9(4-5-17-12)19-8-2-3-11(15)10(14)6-8;8-6-2-1-4(12)3-5(6)7(9,10)11/h3-11H,1-2H3,(H,24,28)(H2,26,27,29);2-7H,15H2,1H3,(H,16,18);1-3H,12H2/i2D3;1D3;. The summed E-state index contributed by atoms with van der Waals surface area (Å²) in [6.45, 7) is -3.49. The van der Waals surface area contributed by atoms with E-state index in [0.29, 0.717) is 10.7 Å². The number of amides is 4. The maximum Gasteiger partial charge on any atom is 0.417 e. The third kappa shape index (κ3) is 14.0. The number of ether oxygens (including phenoxy) is 2. The molecule has 0 saturated carbocycles. The molecule has 61 heavy (non-hydrogen) atoms. The number of aryl methyl sites for hydroxylation is 1. The van der Waals surface area contributed by atoms with Gasteiger partial charge in [0.05, 0.1) is 22.0 Å². The average Bonchev–Trinajstić information content (AvgIpc) is 3.22. The van der Waals surface area contributed by atoms with Crippen LogP contribution in [-0.4, -0.2) is 41.8 Å². The summed E-state index contributed by atoms with van der Waals surface area (Å²) in [5, 5.41) is 8.83. The van der Waals surface area contributed by atoms with E-state index in [1.165, 1.54) is 67.0 Å². The van der Waals surface area contributed by atoms with Gasteiger partial charge >= 0.3 is 12.2 Å². The van der Waals surface area contributed by atoms with Gasteiger partial charge in [-0.25, -0.2) is 13.6 Å². The Balaban J connectivity index is 0.000000246. The lowest BCUT2D eigenvalue weighted by atomic mass is 10.2. The third-order valence-electron chi connectivity index (χ3n) is 7.50. The number of rotatable bonds is 8. The lowest BCUT2D eigenvalue weighted by Gasteiger charge is -2.11. The Morgan fingerprint density at radius 2 is 1.21 bits per heavy atom. The van der Waals surface area contributed by atoms with Crippen molar-refractivity contribution >= 4 is 63.8 Å². The zero-order valence-corrected chi connectivity index (χ0v) is 32.6. The summed E-state index contributed by atoms with van der Waals surface area (Å²) >= 11 is 11.3. The number of nitrogens with zero attached hydrogens (tertiary/aromatic N) is 2. The first kappa shape index (κ1) is 38.0. The minimum Gasteiger partial charge on any atom is -0.457 e. The molecule has 20 heteroatoms. The number of anilines is 4. The molecule has 13 nitrogen and oxygen atoms in total. The van der Waals surface area contributed by atoms with Crippen LogP contribution in [0.5, 0.6) is 23.0 Å². The molecule has 0 bridgehead atoms. The van der Waals surface area contributed by atoms with Gasteiger partial charge in [-0.15, -0.1) is 0 Å². The van der Waals surface area contributed by atoms with Gasteiger partial charge in [0.25, 0.3) is 11.8 Å². The molecule has 0 fully saturated rings. The highest BCUT2D eigenvalue weighted by Gasteiger charge is 2.33. The second-order valence-corrected chi connectivity index (χ2v) is 12.8. The molecule has 0 spiro atoms. The second kappa shape index (κ2) is 21.2.